The van der Waals surface area contributed by atoms with E-state index in [1.807, 2.05) is 36.4 Å². The van der Waals surface area contributed by atoms with E-state index < -0.39 is 0 Å². The summed E-state index contributed by atoms with van der Waals surface area (Å²) in [6.45, 7) is 0. The molecule has 0 aliphatic carbocycles. The van der Waals surface area contributed by atoms with Gasteiger partial charge in [-0.3, -0.25) is 0 Å². The molecule has 0 fully saturated rings. The Bertz CT molecular complexity index is 527. The molecule has 0 N–H and O–H groups in total. The molecule has 18 heavy (non-hydrogen) atoms. The van der Waals surface area contributed by atoms with Gasteiger partial charge in [0.25, 0.3) is 0 Å². The first-order valence-corrected chi connectivity index (χ1v) is 7.25. The number of benzene rings is 2. The van der Waals surface area contributed by atoms with Crippen LogP contribution in [0.1, 0.15) is 17.0 Å². The van der Waals surface area contributed by atoms with Gasteiger partial charge in [-0.25, -0.2) is 4.39 Å². The van der Waals surface area contributed by atoms with Crippen LogP contribution in [0.25, 0.3) is 0 Å². The maximum absolute atomic E-state index is 13.8. The van der Waals surface area contributed by atoms with Crippen molar-refractivity contribution >= 4 is 27.5 Å². The Labute approximate surface area is 120 Å². The summed E-state index contributed by atoms with van der Waals surface area (Å²) in [5, 5.41) is 1.44. The first-order valence-electron chi connectivity index (χ1n) is 5.75. The molecule has 1 atom stereocenters. The predicted molar refractivity (Wildman–Crippen MR) is 78.1 cm³/mol. The summed E-state index contributed by atoms with van der Waals surface area (Å²) in [7, 11) is 0. The maximum atomic E-state index is 13.8. The van der Waals surface area contributed by atoms with Crippen LogP contribution in [0.15, 0.2) is 48.5 Å². The summed E-state index contributed by atoms with van der Waals surface area (Å²) in [5.74, 6) is -0.0337. The Morgan fingerprint density at radius 3 is 2.56 bits per heavy atom. The highest BCUT2D eigenvalue weighted by Crippen LogP contribution is 2.26. The van der Waals surface area contributed by atoms with E-state index in [0.29, 0.717) is 5.02 Å². The van der Waals surface area contributed by atoms with Gasteiger partial charge in [-0.2, -0.15) is 0 Å². The predicted octanol–water partition coefficient (Wildman–Crippen LogP) is 5.20. The number of hydrogen-bond acceptors (Lipinski definition) is 0. The average Bonchev–Trinajstić information content (AvgIpc) is 2.37. The van der Waals surface area contributed by atoms with Gasteiger partial charge in [0.05, 0.1) is 0 Å². The van der Waals surface area contributed by atoms with Crippen molar-refractivity contribution < 1.29 is 4.39 Å². The van der Waals surface area contributed by atoms with Crippen LogP contribution in [-0.2, 0) is 6.42 Å². The van der Waals surface area contributed by atoms with Crippen LogP contribution < -0.4 is 0 Å². The molecule has 0 saturated heterocycles. The number of alkyl halides is 1. The first kappa shape index (κ1) is 13.6. The summed E-state index contributed by atoms with van der Waals surface area (Å²) >= 11 is 9.43. The molecule has 0 heterocycles. The average molecular weight is 328 g/mol. The molecule has 0 radical (unpaired) electrons. The molecule has 2 rings (SSSR count). The quantitative estimate of drug-likeness (QED) is 0.677. The van der Waals surface area contributed by atoms with Crippen molar-refractivity contribution in [2.24, 2.45) is 0 Å². The van der Waals surface area contributed by atoms with Crippen molar-refractivity contribution in [1.29, 1.82) is 0 Å². The molecule has 0 nitrogen and oxygen atoms in total. The van der Waals surface area contributed by atoms with E-state index in [9.17, 15) is 4.39 Å². The fourth-order valence-electron chi connectivity index (χ4n) is 2.00. The summed E-state index contributed by atoms with van der Waals surface area (Å²) in [4.78, 5) is 0. The van der Waals surface area contributed by atoms with E-state index in [0.717, 1.165) is 22.9 Å². The lowest BCUT2D eigenvalue weighted by Gasteiger charge is -2.15. The van der Waals surface area contributed by atoms with E-state index >= 15 is 0 Å². The van der Waals surface area contributed by atoms with Crippen molar-refractivity contribution in [1.82, 2.24) is 0 Å². The second-order valence-corrected chi connectivity index (χ2v) is 5.29. The Morgan fingerprint density at radius 2 is 1.89 bits per heavy atom. The second-order valence-electron chi connectivity index (χ2n) is 4.21. The molecule has 2 aromatic carbocycles. The lowest BCUT2D eigenvalue weighted by molar-refractivity contribution is 0.590. The summed E-state index contributed by atoms with van der Waals surface area (Å²) < 4.78 is 13.8. The zero-order valence-corrected chi connectivity index (χ0v) is 12.1. The van der Waals surface area contributed by atoms with Crippen LogP contribution in [0, 0.1) is 5.82 Å². The molecule has 0 aromatic heterocycles. The van der Waals surface area contributed by atoms with Crippen molar-refractivity contribution in [2.75, 3.05) is 5.33 Å². The van der Waals surface area contributed by atoms with Gasteiger partial charge in [0.2, 0.25) is 0 Å². The van der Waals surface area contributed by atoms with Gasteiger partial charge in [0.1, 0.15) is 5.82 Å². The lowest BCUT2D eigenvalue weighted by Crippen LogP contribution is -2.06. The molecular weight excluding hydrogens is 315 g/mol. The van der Waals surface area contributed by atoms with E-state index in [-0.39, 0.29) is 11.7 Å². The third-order valence-electron chi connectivity index (χ3n) is 2.90. The molecule has 0 spiro atoms. The van der Waals surface area contributed by atoms with Crippen LogP contribution in [0.3, 0.4) is 0 Å². The van der Waals surface area contributed by atoms with Gasteiger partial charge >= 0.3 is 0 Å². The molecule has 94 valence electrons. The number of halogens is 3. The molecule has 2 aromatic rings. The summed E-state index contributed by atoms with van der Waals surface area (Å²) in [6.07, 6.45) is 0.771. The van der Waals surface area contributed by atoms with Crippen LogP contribution in [0.5, 0.6) is 0 Å². The van der Waals surface area contributed by atoms with Crippen molar-refractivity contribution in [3.8, 4) is 0 Å². The first-order chi connectivity index (χ1) is 8.70. The Hall–Kier alpha value is -0.860. The van der Waals surface area contributed by atoms with E-state index in [1.165, 1.54) is 6.07 Å². The van der Waals surface area contributed by atoms with Crippen molar-refractivity contribution in [3.05, 3.63) is 70.5 Å². The second kappa shape index (κ2) is 6.35. The number of rotatable bonds is 4. The molecule has 0 bridgehead atoms. The van der Waals surface area contributed by atoms with Gasteiger partial charge < -0.3 is 0 Å². The van der Waals surface area contributed by atoms with Crippen molar-refractivity contribution in [2.45, 2.75) is 12.3 Å². The Balaban J connectivity index is 2.23. The standard InChI is InChI=1S/C15H13BrClF/c16-10-12(14-6-1-2-7-15(14)18)8-11-4-3-5-13(17)9-11/h1-7,9,12H,8,10H2. The van der Waals surface area contributed by atoms with Gasteiger partial charge in [0, 0.05) is 16.3 Å². The van der Waals surface area contributed by atoms with E-state index in [2.05, 4.69) is 15.9 Å². The normalized spacial score (nSPS) is 12.4. The number of hydrogen-bond donors (Lipinski definition) is 0. The SMILES string of the molecule is Fc1ccccc1C(CBr)Cc1cccc(Cl)c1. The minimum Gasteiger partial charge on any atom is -0.207 e. The highest BCUT2D eigenvalue weighted by molar-refractivity contribution is 9.09. The largest absolute Gasteiger partial charge is 0.207 e. The maximum Gasteiger partial charge on any atom is 0.126 e. The smallest absolute Gasteiger partial charge is 0.126 e. The van der Waals surface area contributed by atoms with Crippen LogP contribution in [-0.4, -0.2) is 5.33 Å². The highest BCUT2D eigenvalue weighted by Gasteiger charge is 2.14. The zero-order chi connectivity index (χ0) is 13.0. The Morgan fingerprint density at radius 1 is 1.11 bits per heavy atom. The molecule has 3 heteroatoms. The van der Waals surface area contributed by atoms with Gasteiger partial charge in [0.15, 0.2) is 0 Å². The van der Waals surface area contributed by atoms with Gasteiger partial charge in [-0.05, 0) is 35.7 Å². The van der Waals surface area contributed by atoms with Crippen LogP contribution in [0.2, 0.25) is 5.02 Å². The third-order valence-corrected chi connectivity index (χ3v) is 3.92. The fourth-order valence-corrected chi connectivity index (χ4v) is 2.79. The molecule has 0 saturated carbocycles. The third kappa shape index (κ3) is 3.33. The molecule has 0 aliphatic heterocycles. The monoisotopic (exact) mass is 326 g/mol. The molecule has 0 amide bonds. The van der Waals surface area contributed by atoms with E-state index in [4.69, 9.17) is 11.6 Å². The summed E-state index contributed by atoms with van der Waals surface area (Å²) in [6, 6.07) is 14.6. The van der Waals surface area contributed by atoms with Crippen LogP contribution >= 0.6 is 27.5 Å². The summed E-state index contributed by atoms with van der Waals surface area (Å²) in [5.41, 5.74) is 1.87. The minimum absolute atomic E-state index is 0.115. The van der Waals surface area contributed by atoms with Crippen LogP contribution in [0.4, 0.5) is 4.39 Å². The minimum atomic E-state index is -0.149. The Kier molecular flexibility index (Phi) is 4.79. The fraction of sp³-hybridized carbons (Fsp3) is 0.200. The lowest BCUT2D eigenvalue weighted by atomic mass is 9.93. The molecule has 1 unspecified atom stereocenters. The van der Waals surface area contributed by atoms with Gasteiger partial charge in [-0.15, -0.1) is 0 Å². The molecular formula is C15H13BrClF. The van der Waals surface area contributed by atoms with Gasteiger partial charge in [-0.1, -0.05) is 57.9 Å². The topological polar surface area (TPSA) is 0 Å². The zero-order valence-electron chi connectivity index (χ0n) is 9.74. The van der Waals surface area contributed by atoms with Crippen molar-refractivity contribution in [3.63, 3.8) is 0 Å². The van der Waals surface area contributed by atoms with E-state index in [1.54, 1.807) is 6.07 Å². The molecule has 0 aliphatic rings. The highest BCUT2D eigenvalue weighted by atomic mass is 79.9.